The fourth-order valence-electron chi connectivity index (χ4n) is 5.39. The molecule has 0 fully saturated rings. The second-order valence-corrected chi connectivity index (χ2v) is 13.1. The van der Waals surface area contributed by atoms with Crippen LogP contribution in [0.3, 0.4) is 0 Å². The molecule has 0 bridgehead atoms. The summed E-state index contributed by atoms with van der Waals surface area (Å²) in [6.45, 7) is 4.60. The van der Waals surface area contributed by atoms with Gasteiger partial charge in [-0.2, -0.15) is 0 Å². The Balaban J connectivity index is 0.00000722. The van der Waals surface area contributed by atoms with Crippen LogP contribution in [0.2, 0.25) is 0 Å². The third-order valence-corrected chi connectivity index (χ3v) is 9.37. The van der Waals surface area contributed by atoms with E-state index in [0.717, 1.165) is 0 Å². The molecule has 0 saturated carbocycles. The zero-order valence-electron chi connectivity index (χ0n) is 25.1. The topological polar surface area (TPSA) is 0 Å². The number of benzene rings is 2. The fourth-order valence-corrected chi connectivity index (χ4v) is 6.54. The van der Waals surface area contributed by atoms with E-state index < -0.39 is 0 Å². The van der Waals surface area contributed by atoms with Crippen LogP contribution >= 0.6 is 8.58 Å². The van der Waals surface area contributed by atoms with E-state index in [1.165, 1.54) is 163 Å². The molecule has 38 heavy (non-hydrogen) atoms. The first-order valence-electron chi connectivity index (χ1n) is 16.3. The second kappa shape index (κ2) is 25.3. The summed E-state index contributed by atoms with van der Waals surface area (Å²) >= 11 is 0. The predicted octanol–water partition coefficient (Wildman–Crippen LogP) is 7.98. The van der Waals surface area contributed by atoms with Crippen LogP contribution in [-0.2, 0) is 12.8 Å². The van der Waals surface area contributed by atoms with Gasteiger partial charge < -0.3 is 17.0 Å². The lowest BCUT2D eigenvalue weighted by atomic mass is 10.0. The van der Waals surface area contributed by atoms with Crippen molar-refractivity contribution in [2.45, 2.75) is 155 Å². The largest absolute Gasteiger partial charge is 1.00 e. The number of hydrogen-bond acceptors (Lipinski definition) is 0. The first-order valence-corrected chi connectivity index (χ1v) is 17.5. The summed E-state index contributed by atoms with van der Waals surface area (Å²) in [4.78, 5) is 0. The highest BCUT2D eigenvalue weighted by Gasteiger charge is 2.05. The lowest BCUT2D eigenvalue weighted by molar-refractivity contribution is -0.00000782. The number of aryl methyl sites for hydroxylation is 2. The van der Waals surface area contributed by atoms with E-state index in [4.69, 9.17) is 0 Å². The van der Waals surface area contributed by atoms with Gasteiger partial charge in [-0.3, -0.25) is 0 Å². The maximum absolute atomic E-state index is 2.39. The first-order chi connectivity index (χ1) is 18.3. The van der Waals surface area contributed by atoms with Gasteiger partial charge in [-0.25, -0.2) is 0 Å². The van der Waals surface area contributed by atoms with E-state index >= 15 is 0 Å². The minimum absolute atomic E-state index is 0. The molecule has 0 aliphatic carbocycles. The van der Waals surface area contributed by atoms with Gasteiger partial charge in [0.1, 0.15) is 0 Å². The molecular weight excluding hydrogens is 543 g/mol. The van der Waals surface area contributed by atoms with Gasteiger partial charge in [0.05, 0.1) is 19.2 Å². The zero-order chi connectivity index (χ0) is 26.2. The summed E-state index contributed by atoms with van der Waals surface area (Å²) in [7, 11) is 0.212. The van der Waals surface area contributed by atoms with Crippen molar-refractivity contribution in [2.75, 3.05) is 0 Å². The van der Waals surface area contributed by atoms with Gasteiger partial charge in [0.15, 0.2) is 0 Å². The quantitative estimate of drug-likeness (QED) is 0.0843. The molecule has 0 unspecified atom stereocenters. The van der Waals surface area contributed by atoms with Crippen molar-refractivity contribution in [1.29, 1.82) is 0 Å². The van der Waals surface area contributed by atoms with Crippen LogP contribution in [0.25, 0.3) is 0 Å². The van der Waals surface area contributed by atoms with E-state index in [2.05, 4.69) is 62.4 Å². The normalized spacial score (nSPS) is 11.0. The van der Waals surface area contributed by atoms with Crippen LogP contribution in [0.5, 0.6) is 0 Å². The minimum Gasteiger partial charge on any atom is -1.00 e. The van der Waals surface area contributed by atoms with E-state index in [0.29, 0.717) is 0 Å². The highest BCUT2D eigenvalue weighted by molar-refractivity contribution is 7.55. The molecule has 0 heterocycles. The van der Waals surface area contributed by atoms with Crippen molar-refractivity contribution in [2.24, 2.45) is 0 Å². The van der Waals surface area contributed by atoms with Gasteiger partial charge in [-0.15, -0.1) is 0 Å². The van der Waals surface area contributed by atoms with Crippen LogP contribution < -0.4 is 27.6 Å². The third-order valence-electron chi connectivity index (χ3n) is 7.93. The number of halogens is 1. The van der Waals surface area contributed by atoms with Gasteiger partial charge >= 0.3 is 0 Å². The average Bonchev–Trinajstić information content (AvgIpc) is 2.92. The summed E-state index contributed by atoms with van der Waals surface area (Å²) in [6, 6.07) is 19.1. The predicted molar refractivity (Wildman–Crippen MR) is 173 cm³/mol. The molecule has 2 rings (SSSR count). The maximum Gasteiger partial charge on any atom is 0.0942 e. The zero-order valence-corrected chi connectivity index (χ0v) is 27.9. The molecule has 0 nitrogen and oxygen atoms in total. The second-order valence-electron chi connectivity index (χ2n) is 11.5. The molecule has 216 valence electrons. The lowest BCUT2D eigenvalue weighted by Gasteiger charge is -2.04. The Morgan fingerprint density at radius 1 is 0.368 bits per heavy atom. The molecule has 0 N–H and O–H groups in total. The Labute approximate surface area is 250 Å². The van der Waals surface area contributed by atoms with E-state index in [1.54, 1.807) is 0 Å². The number of unbranched alkanes of at least 4 members (excludes halogenated alkanes) is 18. The van der Waals surface area contributed by atoms with Crippen LogP contribution in [0.4, 0.5) is 0 Å². The van der Waals surface area contributed by atoms with Crippen LogP contribution in [-0.4, -0.2) is 0 Å². The number of hydrogen-bond donors (Lipinski definition) is 0. The van der Waals surface area contributed by atoms with Gasteiger partial charge in [0.2, 0.25) is 0 Å². The lowest BCUT2D eigenvalue weighted by Crippen LogP contribution is -3.00. The van der Waals surface area contributed by atoms with Crippen LogP contribution in [0.15, 0.2) is 48.5 Å². The molecule has 2 aromatic rings. The van der Waals surface area contributed by atoms with Crippen molar-refractivity contribution in [3.05, 3.63) is 59.7 Å². The van der Waals surface area contributed by atoms with Crippen molar-refractivity contribution in [1.82, 2.24) is 0 Å². The molecule has 0 radical (unpaired) electrons. The smallest absolute Gasteiger partial charge is 0.0942 e. The SMILES string of the molecule is CCCCCCCCCCCCc1ccc([PH2+]c2ccc(CCCCCCCCCCCC)cc2)cc1.[Br-]. The first kappa shape index (κ1) is 35.4. The third kappa shape index (κ3) is 18.6. The highest BCUT2D eigenvalue weighted by Crippen LogP contribution is 2.16. The van der Waals surface area contributed by atoms with E-state index in [9.17, 15) is 0 Å². The van der Waals surface area contributed by atoms with Crippen molar-refractivity contribution >= 4 is 19.2 Å². The summed E-state index contributed by atoms with van der Waals surface area (Å²) in [6.07, 6.45) is 30.8. The highest BCUT2D eigenvalue weighted by atomic mass is 79.9. The molecule has 0 aliphatic heterocycles. The van der Waals surface area contributed by atoms with Gasteiger partial charge in [0, 0.05) is 0 Å². The van der Waals surface area contributed by atoms with E-state index in [-0.39, 0.29) is 25.6 Å². The Bertz CT molecular complexity index is 686. The molecular formula is C36H60BrP. The maximum atomic E-state index is 2.39. The van der Waals surface area contributed by atoms with Gasteiger partial charge in [-0.05, 0) is 61.1 Å². The van der Waals surface area contributed by atoms with Crippen LogP contribution in [0, 0.1) is 0 Å². The van der Waals surface area contributed by atoms with Crippen LogP contribution in [0.1, 0.15) is 153 Å². The Morgan fingerprint density at radius 3 is 0.921 bits per heavy atom. The summed E-state index contributed by atoms with van der Waals surface area (Å²) < 4.78 is 0. The Hall–Kier alpha value is -0.650. The van der Waals surface area contributed by atoms with Crippen molar-refractivity contribution in [3.63, 3.8) is 0 Å². The Kier molecular flexibility index (Phi) is 23.6. The molecule has 0 saturated heterocycles. The van der Waals surface area contributed by atoms with Crippen molar-refractivity contribution < 1.29 is 17.0 Å². The summed E-state index contributed by atoms with van der Waals surface area (Å²) in [5.74, 6) is 0. The standard InChI is InChI=1S/C36H59P.BrH/c1-3-5-7-9-11-13-15-17-19-21-23-33-25-29-35(30-26-33)37-36-31-27-34(28-32-36)24-22-20-18-16-14-12-10-8-6-4-2;/h25-32,37H,3-24H2,1-2H3;1H. The van der Waals surface area contributed by atoms with E-state index in [1.807, 2.05) is 0 Å². The average molecular weight is 604 g/mol. The monoisotopic (exact) mass is 602 g/mol. The summed E-state index contributed by atoms with van der Waals surface area (Å²) in [5.41, 5.74) is 3.05. The van der Waals surface area contributed by atoms with Gasteiger partial charge in [0.25, 0.3) is 0 Å². The molecule has 0 spiro atoms. The fraction of sp³-hybridized carbons (Fsp3) is 0.667. The number of rotatable bonds is 24. The Morgan fingerprint density at radius 2 is 0.632 bits per heavy atom. The molecule has 2 aromatic carbocycles. The van der Waals surface area contributed by atoms with Crippen molar-refractivity contribution in [3.8, 4) is 0 Å². The molecule has 0 aromatic heterocycles. The molecule has 0 aliphatic rings. The molecule has 0 atom stereocenters. The van der Waals surface area contributed by atoms with Gasteiger partial charge in [-0.1, -0.05) is 154 Å². The minimum atomic E-state index is 0. The summed E-state index contributed by atoms with van der Waals surface area (Å²) in [5, 5.41) is 3.04. The molecule has 0 amide bonds. The molecule has 2 heteroatoms.